The van der Waals surface area contributed by atoms with Crippen LogP contribution in [0.2, 0.25) is 0 Å². The second-order valence-electron chi connectivity index (χ2n) is 4.07. The molecule has 0 aliphatic heterocycles. The smallest absolute Gasteiger partial charge is 0.321 e. The predicted molar refractivity (Wildman–Crippen MR) is 77.3 cm³/mol. The lowest BCUT2D eigenvalue weighted by molar-refractivity contribution is -0.136. The number of ether oxygens (including phenoxy) is 1. The first-order chi connectivity index (χ1) is 9.61. The van der Waals surface area contributed by atoms with Gasteiger partial charge in [-0.15, -0.1) is 11.8 Å². The molecule has 0 heterocycles. The molecular formula is C15H14O4S. The Morgan fingerprint density at radius 3 is 2.40 bits per heavy atom. The fourth-order valence-electron chi connectivity index (χ4n) is 1.79. The van der Waals surface area contributed by atoms with Gasteiger partial charge in [0.05, 0.1) is 7.11 Å². The summed E-state index contributed by atoms with van der Waals surface area (Å²) in [6, 6.07) is 13.5. The van der Waals surface area contributed by atoms with E-state index >= 15 is 0 Å². The third-order valence-corrected chi connectivity index (χ3v) is 3.97. The van der Waals surface area contributed by atoms with Crippen molar-refractivity contribution in [1.82, 2.24) is 0 Å². The summed E-state index contributed by atoms with van der Waals surface area (Å²) in [7, 11) is 1.52. The number of methoxy groups -OCH3 is 1. The van der Waals surface area contributed by atoms with Gasteiger partial charge in [-0.3, -0.25) is 4.79 Å². The second kappa shape index (κ2) is 6.34. The third kappa shape index (κ3) is 3.24. The minimum atomic E-state index is -0.937. The van der Waals surface area contributed by atoms with Gasteiger partial charge in [0.1, 0.15) is 16.7 Å². The Labute approximate surface area is 121 Å². The topological polar surface area (TPSA) is 66.8 Å². The van der Waals surface area contributed by atoms with Gasteiger partial charge in [-0.2, -0.15) is 0 Å². The number of carboxylic acid groups (broad SMARTS) is 1. The number of aliphatic carboxylic acids is 1. The standard InChI is InChI=1S/C15H14O4S/c1-19-13-5-3-2-4-12(13)14(15(17)18)20-11-8-6-10(16)7-9-11/h2-9,14,16H,1H3,(H,17,18). The zero-order chi connectivity index (χ0) is 14.5. The molecule has 0 bridgehead atoms. The van der Waals surface area contributed by atoms with E-state index in [0.717, 1.165) is 4.90 Å². The highest BCUT2D eigenvalue weighted by atomic mass is 32.2. The molecule has 2 aromatic rings. The van der Waals surface area contributed by atoms with Crippen molar-refractivity contribution < 1.29 is 19.7 Å². The lowest BCUT2D eigenvalue weighted by atomic mass is 10.1. The quantitative estimate of drug-likeness (QED) is 0.827. The minimum Gasteiger partial charge on any atom is -0.508 e. The number of rotatable bonds is 5. The van der Waals surface area contributed by atoms with Gasteiger partial charge < -0.3 is 14.9 Å². The molecule has 0 spiro atoms. The van der Waals surface area contributed by atoms with Crippen LogP contribution in [0.4, 0.5) is 0 Å². The van der Waals surface area contributed by atoms with Crippen molar-refractivity contribution in [2.24, 2.45) is 0 Å². The van der Waals surface area contributed by atoms with Crippen molar-refractivity contribution in [3.63, 3.8) is 0 Å². The summed E-state index contributed by atoms with van der Waals surface area (Å²) in [5, 5.41) is 17.9. The fraction of sp³-hybridized carbons (Fsp3) is 0.133. The molecule has 2 N–H and O–H groups in total. The number of carbonyl (C=O) groups is 1. The molecule has 0 aromatic heterocycles. The summed E-state index contributed by atoms with van der Waals surface area (Å²) < 4.78 is 5.22. The van der Waals surface area contributed by atoms with Gasteiger partial charge in [-0.1, -0.05) is 18.2 Å². The SMILES string of the molecule is COc1ccccc1C(Sc1ccc(O)cc1)C(=O)O. The van der Waals surface area contributed by atoms with Crippen LogP contribution in [0.15, 0.2) is 53.4 Å². The van der Waals surface area contributed by atoms with E-state index in [9.17, 15) is 15.0 Å². The molecule has 0 aliphatic carbocycles. The predicted octanol–water partition coefficient (Wildman–Crippen LogP) is 3.32. The average molecular weight is 290 g/mol. The highest BCUT2D eigenvalue weighted by molar-refractivity contribution is 8.00. The van der Waals surface area contributed by atoms with Crippen LogP contribution < -0.4 is 4.74 Å². The molecule has 0 radical (unpaired) electrons. The van der Waals surface area contributed by atoms with E-state index in [-0.39, 0.29) is 5.75 Å². The van der Waals surface area contributed by atoms with E-state index in [4.69, 9.17) is 4.74 Å². The number of benzene rings is 2. The van der Waals surface area contributed by atoms with Crippen LogP contribution in [0.1, 0.15) is 10.8 Å². The summed E-state index contributed by atoms with van der Waals surface area (Å²) >= 11 is 1.20. The van der Waals surface area contributed by atoms with Gasteiger partial charge in [0.15, 0.2) is 0 Å². The minimum absolute atomic E-state index is 0.151. The molecule has 20 heavy (non-hydrogen) atoms. The van der Waals surface area contributed by atoms with Gasteiger partial charge in [-0.05, 0) is 30.3 Å². The molecular weight excluding hydrogens is 276 g/mol. The number of aromatic hydroxyl groups is 1. The molecule has 0 saturated heterocycles. The van der Waals surface area contributed by atoms with Crippen molar-refractivity contribution in [2.75, 3.05) is 7.11 Å². The van der Waals surface area contributed by atoms with Gasteiger partial charge in [0.2, 0.25) is 0 Å². The lowest BCUT2D eigenvalue weighted by Crippen LogP contribution is -2.09. The maximum atomic E-state index is 11.5. The van der Waals surface area contributed by atoms with Crippen LogP contribution in [0.3, 0.4) is 0 Å². The number of phenols is 1. The number of phenolic OH excluding ortho intramolecular Hbond substituents is 1. The molecule has 2 aromatic carbocycles. The number of hydrogen-bond donors (Lipinski definition) is 2. The highest BCUT2D eigenvalue weighted by Gasteiger charge is 2.24. The maximum Gasteiger partial charge on any atom is 0.321 e. The van der Waals surface area contributed by atoms with Crippen LogP contribution in [-0.4, -0.2) is 23.3 Å². The maximum absolute atomic E-state index is 11.5. The van der Waals surface area contributed by atoms with Crippen LogP contribution in [0.25, 0.3) is 0 Å². The zero-order valence-electron chi connectivity index (χ0n) is 10.8. The summed E-state index contributed by atoms with van der Waals surface area (Å²) in [4.78, 5) is 12.3. The number of para-hydroxylation sites is 1. The van der Waals surface area contributed by atoms with Crippen LogP contribution in [0.5, 0.6) is 11.5 Å². The Kier molecular flexibility index (Phi) is 4.53. The second-order valence-corrected chi connectivity index (χ2v) is 5.25. The normalized spacial score (nSPS) is 11.8. The van der Waals surface area contributed by atoms with E-state index in [0.29, 0.717) is 11.3 Å². The van der Waals surface area contributed by atoms with E-state index < -0.39 is 11.2 Å². The van der Waals surface area contributed by atoms with Gasteiger partial charge in [0, 0.05) is 10.5 Å². The number of thioether (sulfide) groups is 1. The molecule has 1 unspecified atom stereocenters. The summed E-state index contributed by atoms with van der Waals surface area (Å²) in [5.74, 6) is -0.239. The first-order valence-electron chi connectivity index (χ1n) is 5.93. The molecule has 4 nitrogen and oxygen atoms in total. The van der Waals surface area contributed by atoms with E-state index in [1.165, 1.54) is 31.0 Å². The van der Waals surface area contributed by atoms with Gasteiger partial charge >= 0.3 is 5.97 Å². The molecule has 5 heteroatoms. The largest absolute Gasteiger partial charge is 0.508 e. The Bertz CT molecular complexity index is 595. The molecule has 0 fully saturated rings. The van der Waals surface area contributed by atoms with Crippen LogP contribution in [0, 0.1) is 0 Å². The highest BCUT2D eigenvalue weighted by Crippen LogP contribution is 2.39. The molecule has 1 atom stereocenters. The summed E-state index contributed by atoms with van der Waals surface area (Å²) in [5.41, 5.74) is 0.612. The Morgan fingerprint density at radius 1 is 1.15 bits per heavy atom. The Morgan fingerprint density at radius 2 is 1.80 bits per heavy atom. The van der Waals surface area contributed by atoms with Crippen molar-refractivity contribution >= 4 is 17.7 Å². The third-order valence-electron chi connectivity index (χ3n) is 2.74. The average Bonchev–Trinajstić information content (AvgIpc) is 2.46. The first kappa shape index (κ1) is 14.3. The molecule has 0 amide bonds. The molecule has 0 saturated carbocycles. The summed E-state index contributed by atoms with van der Waals surface area (Å²) in [6.07, 6.45) is 0. The zero-order valence-corrected chi connectivity index (χ0v) is 11.6. The fourth-order valence-corrected chi connectivity index (χ4v) is 2.78. The van der Waals surface area contributed by atoms with Crippen molar-refractivity contribution in [3.05, 3.63) is 54.1 Å². The summed E-state index contributed by atoms with van der Waals surface area (Å²) in [6.45, 7) is 0. The Hall–Kier alpha value is -2.14. The molecule has 104 valence electrons. The van der Waals surface area contributed by atoms with Crippen molar-refractivity contribution in [1.29, 1.82) is 0 Å². The van der Waals surface area contributed by atoms with Crippen molar-refractivity contribution in [2.45, 2.75) is 10.1 Å². The van der Waals surface area contributed by atoms with Gasteiger partial charge in [0.25, 0.3) is 0 Å². The Balaban J connectivity index is 2.32. The van der Waals surface area contributed by atoms with Crippen LogP contribution in [-0.2, 0) is 4.79 Å². The monoisotopic (exact) mass is 290 g/mol. The number of hydrogen-bond acceptors (Lipinski definition) is 4. The lowest BCUT2D eigenvalue weighted by Gasteiger charge is -2.15. The van der Waals surface area contributed by atoms with Crippen LogP contribution >= 0.6 is 11.8 Å². The molecule has 0 aliphatic rings. The van der Waals surface area contributed by atoms with E-state index in [1.807, 2.05) is 0 Å². The van der Waals surface area contributed by atoms with E-state index in [1.54, 1.807) is 36.4 Å². The number of carboxylic acids is 1. The van der Waals surface area contributed by atoms with Crippen molar-refractivity contribution in [3.8, 4) is 11.5 Å². The molecule has 2 rings (SSSR count). The van der Waals surface area contributed by atoms with Gasteiger partial charge in [-0.25, -0.2) is 0 Å². The first-order valence-corrected chi connectivity index (χ1v) is 6.81. The van der Waals surface area contributed by atoms with E-state index in [2.05, 4.69) is 0 Å².